The summed E-state index contributed by atoms with van der Waals surface area (Å²) in [4.78, 5) is 20.2. The molecule has 1 aliphatic heterocycles. The summed E-state index contributed by atoms with van der Waals surface area (Å²) >= 11 is 0. The van der Waals surface area contributed by atoms with E-state index in [4.69, 9.17) is 9.72 Å². The number of para-hydroxylation sites is 2. The van der Waals surface area contributed by atoms with Crippen LogP contribution in [0.4, 0.5) is 5.95 Å². The van der Waals surface area contributed by atoms with Gasteiger partial charge in [0.2, 0.25) is 5.95 Å². The maximum absolute atomic E-state index is 13.1. The van der Waals surface area contributed by atoms with Gasteiger partial charge in [-0.25, -0.2) is 9.55 Å². The van der Waals surface area contributed by atoms with Crippen molar-refractivity contribution in [1.29, 1.82) is 0 Å². The fraction of sp³-hybridized carbons (Fsp3) is 0.333. The molecular formula is C21H24N4O2. The summed E-state index contributed by atoms with van der Waals surface area (Å²) < 4.78 is 7.05. The molecule has 4 rings (SSSR count). The van der Waals surface area contributed by atoms with Gasteiger partial charge in [0.1, 0.15) is 0 Å². The molecule has 0 spiro atoms. The van der Waals surface area contributed by atoms with Crippen LogP contribution in [0.3, 0.4) is 0 Å². The van der Waals surface area contributed by atoms with Crippen LogP contribution in [0.5, 0.6) is 0 Å². The molecule has 1 aliphatic rings. The van der Waals surface area contributed by atoms with E-state index >= 15 is 0 Å². The number of nitrogens with zero attached hydrogens (tertiary/aromatic N) is 3. The first-order chi connectivity index (χ1) is 13.3. The third-order valence-electron chi connectivity index (χ3n) is 4.83. The Balaban J connectivity index is 1.57. The molecule has 1 saturated heterocycles. The van der Waals surface area contributed by atoms with E-state index < -0.39 is 0 Å². The Labute approximate surface area is 158 Å². The molecule has 2 aromatic carbocycles. The molecule has 0 atom stereocenters. The van der Waals surface area contributed by atoms with Gasteiger partial charge in [0.05, 0.1) is 29.8 Å². The van der Waals surface area contributed by atoms with Crippen LogP contribution in [0.1, 0.15) is 6.42 Å². The van der Waals surface area contributed by atoms with Crippen LogP contribution in [-0.4, -0.2) is 53.8 Å². The summed E-state index contributed by atoms with van der Waals surface area (Å²) in [5.41, 5.74) is 1.48. The molecule has 0 saturated carbocycles. The lowest BCUT2D eigenvalue weighted by Crippen LogP contribution is -2.37. The molecule has 0 bridgehead atoms. The lowest BCUT2D eigenvalue weighted by Gasteiger charge is -2.26. The van der Waals surface area contributed by atoms with Crippen molar-refractivity contribution < 1.29 is 4.74 Å². The van der Waals surface area contributed by atoms with Crippen LogP contribution >= 0.6 is 0 Å². The van der Waals surface area contributed by atoms with Crippen LogP contribution in [0.15, 0.2) is 59.4 Å². The number of hydrogen-bond acceptors (Lipinski definition) is 5. The number of rotatable bonds is 6. The molecule has 0 radical (unpaired) electrons. The van der Waals surface area contributed by atoms with Crippen LogP contribution in [0.2, 0.25) is 0 Å². The molecule has 27 heavy (non-hydrogen) atoms. The van der Waals surface area contributed by atoms with E-state index in [0.717, 1.165) is 51.5 Å². The highest BCUT2D eigenvalue weighted by molar-refractivity contribution is 5.79. The first kappa shape index (κ1) is 17.7. The van der Waals surface area contributed by atoms with Crippen molar-refractivity contribution in [3.05, 3.63) is 65.0 Å². The number of ether oxygens (including phenoxy) is 1. The van der Waals surface area contributed by atoms with Crippen molar-refractivity contribution in [2.24, 2.45) is 0 Å². The minimum absolute atomic E-state index is 0.0533. The number of fused-ring (bicyclic) bond motifs is 1. The molecule has 0 unspecified atom stereocenters. The minimum Gasteiger partial charge on any atom is -0.379 e. The summed E-state index contributed by atoms with van der Waals surface area (Å²) in [6.07, 6.45) is 0.984. The molecule has 6 nitrogen and oxygen atoms in total. The average Bonchev–Trinajstić information content (AvgIpc) is 2.73. The van der Waals surface area contributed by atoms with E-state index in [1.807, 2.05) is 54.6 Å². The maximum atomic E-state index is 13.1. The van der Waals surface area contributed by atoms with Gasteiger partial charge in [-0.3, -0.25) is 9.69 Å². The van der Waals surface area contributed by atoms with Crippen molar-refractivity contribution in [2.45, 2.75) is 6.42 Å². The largest absolute Gasteiger partial charge is 0.379 e. The average molecular weight is 364 g/mol. The van der Waals surface area contributed by atoms with Gasteiger partial charge in [-0.2, -0.15) is 0 Å². The zero-order valence-corrected chi connectivity index (χ0v) is 15.3. The lowest BCUT2D eigenvalue weighted by atomic mass is 10.2. The second kappa shape index (κ2) is 8.33. The molecule has 1 fully saturated rings. The zero-order valence-electron chi connectivity index (χ0n) is 15.3. The molecule has 1 aromatic heterocycles. The Morgan fingerprint density at radius 2 is 1.74 bits per heavy atom. The Bertz CT molecular complexity index is 949. The van der Waals surface area contributed by atoms with E-state index in [1.165, 1.54) is 0 Å². The van der Waals surface area contributed by atoms with Crippen molar-refractivity contribution in [1.82, 2.24) is 14.5 Å². The summed E-state index contributed by atoms with van der Waals surface area (Å²) in [5.74, 6) is 0.590. The molecule has 0 aliphatic carbocycles. The first-order valence-corrected chi connectivity index (χ1v) is 9.44. The van der Waals surface area contributed by atoms with Gasteiger partial charge in [0.25, 0.3) is 5.56 Å². The van der Waals surface area contributed by atoms with Crippen LogP contribution in [0.25, 0.3) is 16.6 Å². The van der Waals surface area contributed by atoms with Crippen LogP contribution in [-0.2, 0) is 4.74 Å². The number of morpholine rings is 1. The van der Waals surface area contributed by atoms with Gasteiger partial charge in [-0.15, -0.1) is 0 Å². The Morgan fingerprint density at radius 1 is 1.00 bits per heavy atom. The number of hydrogen-bond donors (Lipinski definition) is 1. The highest BCUT2D eigenvalue weighted by Crippen LogP contribution is 2.16. The topological polar surface area (TPSA) is 59.4 Å². The van der Waals surface area contributed by atoms with Crippen molar-refractivity contribution >= 4 is 16.9 Å². The van der Waals surface area contributed by atoms with Gasteiger partial charge >= 0.3 is 0 Å². The molecule has 0 amide bonds. The van der Waals surface area contributed by atoms with Gasteiger partial charge in [-0.05, 0) is 37.2 Å². The number of aromatic nitrogens is 2. The Kier molecular flexibility index (Phi) is 5.46. The Morgan fingerprint density at radius 3 is 2.56 bits per heavy atom. The van der Waals surface area contributed by atoms with Gasteiger partial charge < -0.3 is 10.1 Å². The third kappa shape index (κ3) is 4.02. The van der Waals surface area contributed by atoms with Gasteiger partial charge in [0, 0.05) is 19.6 Å². The van der Waals surface area contributed by atoms with Crippen LogP contribution < -0.4 is 10.9 Å². The smallest absolute Gasteiger partial charge is 0.267 e. The third-order valence-corrected chi connectivity index (χ3v) is 4.83. The molecular weight excluding hydrogens is 340 g/mol. The van der Waals surface area contributed by atoms with Gasteiger partial charge in [0.15, 0.2) is 0 Å². The second-order valence-corrected chi connectivity index (χ2v) is 6.66. The molecule has 140 valence electrons. The predicted octanol–water partition coefficient (Wildman–Crippen LogP) is 2.52. The van der Waals surface area contributed by atoms with Crippen LogP contribution in [0, 0.1) is 0 Å². The number of benzene rings is 2. The normalized spacial score (nSPS) is 15.1. The standard InChI is InChI=1S/C21H24N4O2/c26-20-18-9-4-5-10-19(18)23-21(25(20)17-7-2-1-3-8-17)22-11-6-12-24-13-15-27-16-14-24/h1-5,7-10H,6,11-16H2,(H,22,23). The quantitative estimate of drug-likeness (QED) is 0.681. The lowest BCUT2D eigenvalue weighted by molar-refractivity contribution is 0.0378. The van der Waals surface area contributed by atoms with E-state index in [0.29, 0.717) is 16.9 Å². The minimum atomic E-state index is -0.0533. The zero-order chi connectivity index (χ0) is 18.5. The van der Waals surface area contributed by atoms with E-state index in [1.54, 1.807) is 4.57 Å². The second-order valence-electron chi connectivity index (χ2n) is 6.66. The fourth-order valence-corrected chi connectivity index (χ4v) is 3.40. The van der Waals surface area contributed by atoms with Crippen molar-refractivity contribution in [2.75, 3.05) is 44.7 Å². The highest BCUT2D eigenvalue weighted by atomic mass is 16.5. The molecule has 2 heterocycles. The Hall–Kier alpha value is -2.70. The summed E-state index contributed by atoms with van der Waals surface area (Å²) in [7, 11) is 0. The fourth-order valence-electron chi connectivity index (χ4n) is 3.40. The monoisotopic (exact) mass is 364 g/mol. The summed E-state index contributed by atoms with van der Waals surface area (Å²) in [6, 6.07) is 17.1. The summed E-state index contributed by atoms with van der Waals surface area (Å²) in [6.45, 7) is 5.38. The number of anilines is 1. The SMILES string of the molecule is O=c1c2ccccc2nc(NCCCN2CCOCC2)n1-c1ccccc1. The molecule has 3 aromatic rings. The molecule has 1 N–H and O–H groups in total. The highest BCUT2D eigenvalue weighted by Gasteiger charge is 2.13. The van der Waals surface area contributed by atoms with Gasteiger partial charge in [-0.1, -0.05) is 30.3 Å². The maximum Gasteiger partial charge on any atom is 0.267 e. The van der Waals surface area contributed by atoms with Crippen molar-refractivity contribution in [3.63, 3.8) is 0 Å². The van der Waals surface area contributed by atoms with Crippen molar-refractivity contribution in [3.8, 4) is 5.69 Å². The van der Waals surface area contributed by atoms with E-state index in [2.05, 4.69) is 10.2 Å². The van der Waals surface area contributed by atoms with E-state index in [9.17, 15) is 4.79 Å². The number of nitrogens with one attached hydrogen (secondary N) is 1. The molecule has 6 heteroatoms. The van der Waals surface area contributed by atoms with E-state index in [-0.39, 0.29) is 5.56 Å². The summed E-state index contributed by atoms with van der Waals surface area (Å²) in [5, 5.41) is 4.00. The first-order valence-electron chi connectivity index (χ1n) is 9.44. The predicted molar refractivity (Wildman–Crippen MR) is 108 cm³/mol.